The number of aromatic nitrogens is 1. The molecule has 1 aromatic carbocycles. The van der Waals surface area contributed by atoms with Crippen molar-refractivity contribution in [2.45, 2.75) is 57.9 Å². The normalized spacial score (nSPS) is 15.9. The van der Waals surface area contributed by atoms with Crippen LogP contribution in [0.15, 0.2) is 30.3 Å². The van der Waals surface area contributed by atoms with E-state index in [0.717, 1.165) is 30.6 Å². The molecule has 2 aromatic rings. The van der Waals surface area contributed by atoms with Crippen molar-refractivity contribution in [1.82, 2.24) is 15.6 Å². The number of carboxylic acids is 1. The van der Waals surface area contributed by atoms with Crippen LogP contribution in [0.4, 0.5) is 5.69 Å². The van der Waals surface area contributed by atoms with Crippen LogP contribution in [0.3, 0.4) is 0 Å². The van der Waals surface area contributed by atoms with Gasteiger partial charge in [-0.1, -0.05) is 26.3 Å². The Balaban J connectivity index is 1.94. The minimum Gasteiger partial charge on any atom is -0.481 e. The van der Waals surface area contributed by atoms with E-state index in [1.165, 1.54) is 12.1 Å². The van der Waals surface area contributed by atoms with Crippen molar-refractivity contribution in [1.29, 1.82) is 0 Å². The van der Waals surface area contributed by atoms with Crippen LogP contribution in [0, 0.1) is 0 Å². The molecule has 2 amide bonds. The van der Waals surface area contributed by atoms with Gasteiger partial charge in [-0.05, 0) is 60.7 Å². The fraction of sp³-hybridized carbons (Fsp3) is 0.500. The molecule has 1 aliphatic heterocycles. The summed E-state index contributed by atoms with van der Waals surface area (Å²) in [5.74, 6) is -3.86. The lowest BCUT2D eigenvalue weighted by Gasteiger charge is -2.31. The molecule has 14 nitrogen and oxygen atoms in total. The standard InChI is InChI=1S/C28H38N4O10S2/c1-18-28(2,3)21-15-19(8-9-24(21)32(18)12-6-4-5-7-25(33)34)20-16-22(26(35)29-10-13-43(37,38)39)31-23(17-20)27(36)30-11-14-44(40,41)42/h8-9,15-18H,4-7,10-14H2,1-3H3,(H,29,35)(H,30,36)(H,33,34)(H,37,38,39)(H,40,41,42). The van der Waals surface area contributed by atoms with Crippen molar-refractivity contribution in [3.8, 4) is 11.1 Å². The maximum Gasteiger partial charge on any atom is 0.303 e. The Morgan fingerprint density at radius 1 is 0.864 bits per heavy atom. The number of unbranched alkanes of at least 4 members (excludes halogenated alkanes) is 2. The predicted octanol–water partition coefficient (Wildman–Crippen LogP) is 2.11. The number of benzene rings is 1. The summed E-state index contributed by atoms with van der Waals surface area (Å²) in [6, 6.07) is 8.74. The number of aliphatic carboxylic acids is 1. The number of rotatable bonds is 15. The summed E-state index contributed by atoms with van der Waals surface area (Å²) in [4.78, 5) is 42.9. The molecule has 1 unspecified atom stereocenters. The van der Waals surface area contributed by atoms with Gasteiger partial charge in [0.1, 0.15) is 11.4 Å². The molecule has 0 aliphatic carbocycles. The van der Waals surface area contributed by atoms with Crippen molar-refractivity contribution in [2.24, 2.45) is 0 Å². The van der Waals surface area contributed by atoms with Crippen molar-refractivity contribution >= 4 is 43.7 Å². The van der Waals surface area contributed by atoms with E-state index in [2.05, 4.69) is 41.3 Å². The van der Waals surface area contributed by atoms with E-state index in [4.69, 9.17) is 14.2 Å². The zero-order valence-corrected chi connectivity index (χ0v) is 26.4. The third-order valence-corrected chi connectivity index (χ3v) is 9.16. The van der Waals surface area contributed by atoms with Crippen LogP contribution in [0.5, 0.6) is 0 Å². The number of nitrogens with one attached hydrogen (secondary N) is 2. The van der Waals surface area contributed by atoms with Gasteiger partial charge in [-0.25, -0.2) is 4.98 Å². The quantitative estimate of drug-likeness (QED) is 0.138. The van der Waals surface area contributed by atoms with Crippen molar-refractivity contribution in [3.63, 3.8) is 0 Å². The molecule has 2 heterocycles. The van der Waals surface area contributed by atoms with Crippen molar-refractivity contribution < 1.29 is 45.4 Å². The summed E-state index contributed by atoms with van der Waals surface area (Å²) in [6.45, 7) is 6.27. The monoisotopic (exact) mass is 654 g/mol. The predicted molar refractivity (Wildman–Crippen MR) is 163 cm³/mol. The second-order valence-corrected chi connectivity index (χ2v) is 14.4. The summed E-state index contributed by atoms with van der Waals surface area (Å²) >= 11 is 0. The molecule has 0 saturated heterocycles. The van der Waals surface area contributed by atoms with Gasteiger partial charge in [0, 0.05) is 43.2 Å². The Kier molecular flexibility index (Phi) is 11.1. The van der Waals surface area contributed by atoms with Crippen LogP contribution >= 0.6 is 0 Å². The molecule has 44 heavy (non-hydrogen) atoms. The summed E-state index contributed by atoms with van der Waals surface area (Å²) in [5.41, 5.74) is 2.44. The molecule has 1 aromatic heterocycles. The average Bonchev–Trinajstić information content (AvgIpc) is 3.10. The molecule has 0 fully saturated rings. The number of amides is 2. The number of fused-ring (bicyclic) bond motifs is 1. The molecule has 16 heteroatoms. The molecule has 3 rings (SSSR count). The Bertz CT molecular complexity index is 1560. The molecular formula is C28H38N4O10S2. The van der Waals surface area contributed by atoms with Crippen LogP contribution in [0.2, 0.25) is 0 Å². The average molecular weight is 655 g/mol. The Hall–Kier alpha value is -3.60. The first-order chi connectivity index (χ1) is 20.4. The van der Waals surface area contributed by atoms with Gasteiger partial charge in [0.2, 0.25) is 0 Å². The largest absolute Gasteiger partial charge is 0.481 e. The van der Waals surface area contributed by atoms with Gasteiger partial charge in [-0.2, -0.15) is 16.8 Å². The number of hydrogen-bond acceptors (Lipinski definition) is 9. The fourth-order valence-corrected chi connectivity index (χ4v) is 5.77. The first-order valence-corrected chi connectivity index (χ1v) is 17.2. The number of carbonyl (C=O) groups excluding carboxylic acids is 2. The Morgan fingerprint density at radius 2 is 1.41 bits per heavy atom. The second kappa shape index (κ2) is 14.0. The zero-order valence-electron chi connectivity index (χ0n) is 24.7. The molecule has 242 valence electrons. The summed E-state index contributed by atoms with van der Waals surface area (Å²) in [7, 11) is -8.66. The van der Waals surface area contributed by atoms with Gasteiger partial charge in [0.15, 0.2) is 0 Å². The molecule has 0 saturated carbocycles. The molecule has 0 radical (unpaired) electrons. The molecule has 5 N–H and O–H groups in total. The highest BCUT2D eigenvalue weighted by Crippen LogP contribution is 2.46. The number of nitrogens with zero attached hydrogens (tertiary/aromatic N) is 2. The summed E-state index contributed by atoms with van der Waals surface area (Å²) in [5, 5.41) is 13.6. The Labute approximate surface area is 256 Å². The highest BCUT2D eigenvalue weighted by atomic mass is 32.2. The molecular weight excluding hydrogens is 616 g/mol. The van der Waals surface area contributed by atoms with E-state index in [1.807, 2.05) is 18.2 Å². The number of hydrogen-bond donors (Lipinski definition) is 5. The van der Waals surface area contributed by atoms with Crippen LogP contribution in [-0.2, 0) is 30.4 Å². The molecule has 1 atom stereocenters. The van der Waals surface area contributed by atoms with Crippen molar-refractivity contribution in [3.05, 3.63) is 47.3 Å². The lowest BCUT2D eigenvalue weighted by atomic mass is 9.80. The highest BCUT2D eigenvalue weighted by Gasteiger charge is 2.41. The van der Waals surface area contributed by atoms with E-state index in [9.17, 15) is 31.2 Å². The lowest BCUT2D eigenvalue weighted by molar-refractivity contribution is -0.137. The fourth-order valence-electron chi connectivity index (χ4n) is 5.05. The van der Waals surface area contributed by atoms with Gasteiger partial charge in [0.05, 0.1) is 11.5 Å². The number of pyridine rings is 1. The number of carbonyl (C=O) groups is 3. The molecule has 1 aliphatic rings. The maximum atomic E-state index is 12.9. The van der Waals surface area contributed by atoms with E-state index >= 15 is 0 Å². The number of carboxylic acid groups (broad SMARTS) is 1. The lowest BCUT2D eigenvalue weighted by Crippen LogP contribution is -2.39. The number of anilines is 1. The third kappa shape index (κ3) is 9.45. The SMILES string of the molecule is CC1N(CCCCCC(=O)O)c2ccc(-c3cc(C(=O)NCCS(=O)(=O)O)nc(C(=O)NCCS(=O)(=O)O)c3)cc2C1(C)C. The second-order valence-electron chi connectivity index (χ2n) is 11.2. The topological polar surface area (TPSA) is 220 Å². The molecule has 0 spiro atoms. The van der Waals surface area contributed by atoms with Crippen LogP contribution in [-0.4, -0.2) is 91.0 Å². The minimum absolute atomic E-state index is 0.123. The third-order valence-electron chi connectivity index (χ3n) is 7.72. The first-order valence-electron chi connectivity index (χ1n) is 14.0. The van der Waals surface area contributed by atoms with Crippen LogP contribution in [0.1, 0.15) is 73.0 Å². The summed E-state index contributed by atoms with van der Waals surface area (Å²) < 4.78 is 62.2. The molecule has 0 bridgehead atoms. The Morgan fingerprint density at radius 3 is 1.91 bits per heavy atom. The van der Waals surface area contributed by atoms with Gasteiger partial charge in [0.25, 0.3) is 32.1 Å². The van der Waals surface area contributed by atoms with Crippen LogP contribution < -0.4 is 15.5 Å². The summed E-state index contributed by atoms with van der Waals surface area (Å²) in [6.07, 6.45) is 2.34. The zero-order chi connectivity index (χ0) is 32.9. The highest BCUT2D eigenvalue weighted by molar-refractivity contribution is 7.86. The van der Waals surface area contributed by atoms with E-state index in [-0.39, 0.29) is 29.3 Å². The van der Waals surface area contributed by atoms with E-state index in [0.29, 0.717) is 17.5 Å². The van der Waals surface area contributed by atoms with Gasteiger partial charge in [-0.15, -0.1) is 0 Å². The van der Waals surface area contributed by atoms with Gasteiger partial charge >= 0.3 is 5.97 Å². The van der Waals surface area contributed by atoms with E-state index < -0.39 is 62.6 Å². The van der Waals surface area contributed by atoms with Gasteiger partial charge in [-0.3, -0.25) is 23.5 Å². The van der Waals surface area contributed by atoms with Crippen molar-refractivity contribution in [2.75, 3.05) is 36.0 Å². The smallest absolute Gasteiger partial charge is 0.303 e. The van der Waals surface area contributed by atoms with Crippen LogP contribution in [0.25, 0.3) is 11.1 Å². The maximum absolute atomic E-state index is 12.9. The first kappa shape index (κ1) is 34.9. The minimum atomic E-state index is -4.33. The van der Waals surface area contributed by atoms with E-state index in [1.54, 1.807) is 0 Å². The van der Waals surface area contributed by atoms with Gasteiger partial charge < -0.3 is 20.6 Å².